The van der Waals surface area contributed by atoms with E-state index in [4.69, 9.17) is 22.1 Å². The predicted molar refractivity (Wildman–Crippen MR) is 50.8 cm³/mol. The molecular weight excluding hydrogens is 190 g/mol. The number of amides is 1. The maximum absolute atomic E-state index is 10.8. The molecule has 1 rings (SSSR count). The van der Waals surface area contributed by atoms with Gasteiger partial charge < -0.3 is 10.5 Å². The Bertz CT molecular complexity index is 314. The van der Waals surface area contributed by atoms with E-state index >= 15 is 0 Å². The molecule has 0 saturated carbocycles. The topological polar surface area (TPSA) is 52.3 Å². The van der Waals surface area contributed by atoms with Crippen molar-refractivity contribution >= 4 is 17.5 Å². The van der Waals surface area contributed by atoms with Crippen molar-refractivity contribution < 1.29 is 9.53 Å². The van der Waals surface area contributed by atoms with E-state index in [1.54, 1.807) is 24.3 Å². The number of alkyl halides is 1. The van der Waals surface area contributed by atoms with Crippen LogP contribution in [-0.4, -0.2) is 13.0 Å². The average Bonchev–Trinajstić information content (AvgIpc) is 2.16. The zero-order valence-electron chi connectivity index (χ0n) is 7.16. The van der Waals surface area contributed by atoms with E-state index in [2.05, 4.69) is 0 Å². The van der Waals surface area contributed by atoms with Crippen molar-refractivity contribution in [2.45, 2.75) is 5.38 Å². The molecule has 0 fully saturated rings. The Morgan fingerprint density at radius 1 is 1.54 bits per heavy atom. The van der Waals surface area contributed by atoms with Crippen LogP contribution in [0.1, 0.15) is 10.9 Å². The molecule has 1 amide bonds. The minimum absolute atomic E-state index is 0.571. The van der Waals surface area contributed by atoms with Crippen LogP contribution in [-0.2, 0) is 4.79 Å². The molecule has 0 aliphatic heterocycles. The van der Waals surface area contributed by atoms with E-state index < -0.39 is 11.3 Å². The van der Waals surface area contributed by atoms with Gasteiger partial charge in [-0.15, -0.1) is 11.6 Å². The minimum atomic E-state index is -0.837. The molecule has 1 unspecified atom stereocenters. The molecule has 0 heterocycles. The number of hydrogen-bond acceptors (Lipinski definition) is 2. The van der Waals surface area contributed by atoms with Crippen LogP contribution >= 0.6 is 11.6 Å². The minimum Gasteiger partial charge on any atom is -0.496 e. The molecule has 3 nitrogen and oxygen atoms in total. The number of primary amides is 1. The van der Waals surface area contributed by atoms with Gasteiger partial charge in [-0.05, 0) is 6.07 Å². The number of para-hydroxylation sites is 1. The summed E-state index contributed by atoms with van der Waals surface area (Å²) in [6.07, 6.45) is 0. The van der Waals surface area contributed by atoms with Gasteiger partial charge in [-0.1, -0.05) is 18.2 Å². The predicted octanol–water partition coefficient (Wildman–Crippen LogP) is 1.46. The zero-order valence-corrected chi connectivity index (χ0v) is 7.91. The summed E-state index contributed by atoms with van der Waals surface area (Å²) in [4.78, 5) is 10.8. The van der Waals surface area contributed by atoms with Gasteiger partial charge in [-0.3, -0.25) is 4.79 Å². The summed E-state index contributed by atoms with van der Waals surface area (Å²) in [5, 5.41) is -0.837. The highest BCUT2D eigenvalue weighted by molar-refractivity contribution is 6.30. The third kappa shape index (κ3) is 2.12. The smallest absolute Gasteiger partial charge is 0.240 e. The second-order valence-corrected chi connectivity index (χ2v) is 2.94. The largest absolute Gasteiger partial charge is 0.496 e. The lowest BCUT2D eigenvalue weighted by Crippen LogP contribution is -2.17. The molecule has 1 aromatic carbocycles. The van der Waals surface area contributed by atoms with Gasteiger partial charge in [0, 0.05) is 5.56 Å². The van der Waals surface area contributed by atoms with Gasteiger partial charge in [0.25, 0.3) is 0 Å². The van der Waals surface area contributed by atoms with Crippen LogP contribution in [0.25, 0.3) is 0 Å². The molecular formula is C9H10ClNO2. The van der Waals surface area contributed by atoms with Crippen molar-refractivity contribution in [2.24, 2.45) is 5.73 Å². The fraction of sp³-hybridized carbons (Fsp3) is 0.222. The molecule has 1 atom stereocenters. The molecule has 0 aliphatic rings. The first-order chi connectivity index (χ1) is 6.16. The van der Waals surface area contributed by atoms with Gasteiger partial charge in [-0.2, -0.15) is 0 Å². The Morgan fingerprint density at radius 3 is 2.69 bits per heavy atom. The Labute approximate surface area is 81.4 Å². The van der Waals surface area contributed by atoms with Gasteiger partial charge in [0.1, 0.15) is 11.1 Å². The SMILES string of the molecule is COc1ccccc1C(Cl)C(N)=O. The fourth-order valence-corrected chi connectivity index (χ4v) is 1.21. The second kappa shape index (κ2) is 4.14. The van der Waals surface area contributed by atoms with Crippen molar-refractivity contribution in [1.29, 1.82) is 0 Å². The highest BCUT2D eigenvalue weighted by Gasteiger charge is 2.17. The molecule has 0 aromatic heterocycles. The molecule has 0 bridgehead atoms. The monoisotopic (exact) mass is 199 g/mol. The van der Waals surface area contributed by atoms with Gasteiger partial charge in [-0.25, -0.2) is 0 Å². The van der Waals surface area contributed by atoms with Crippen LogP contribution in [0, 0.1) is 0 Å². The standard InChI is InChI=1S/C9H10ClNO2/c1-13-7-5-3-2-4-6(7)8(10)9(11)12/h2-5,8H,1H3,(H2,11,12). The zero-order chi connectivity index (χ0) is 9.84. The lowest BCUT2D eigenvalue weighted by Gasteiger charge is -2.10. The third-order valence-corrected chi connectivity index (χ3v) is 2.11. The Balaban J connectivity index is 3.05. The van der Waals surface area contributed by atoms with Gasteiger partial charge in [0.2, 0.25) is 5.91 Å². The van der Waals surface area contributed by atoms with Crippen LogP contribution in [0.5, 0.6) is 5.75 Å². The quantitative estimate of drug-likeness (QED) is 0.750. The molecule has 0 radical (unpaired) electrons. The third-order valence-electron chi connectivity index (χ3n) is 1.66. The van der Waals surface area contributed by atoms with Gasteiger partial charge in [0.15, 0.2) is 0 Å². The summed E-state index contributed by atoms with van der Waals surface area (Å²) >= 11 is 5.77. The summed E-state index contributed by atoms with van der Waals surface area (Å²) in [5.74, 6) is -0.00698. The Kier molecular flexibility index (Phi) is 3.14. The van der Waals surface area contributed by atoms with Crippen molar-refractivity contribution in [3.63, 3.8) is 0 Å². The number of benzene rings is 1. The lowest BCUT2D eigenvalue weighted by molar-refractivity contribution is -0.117. The van der Waals surface area contributed by atoms with E-state index in [1.165, 1.54) is 7.11 Å². The van der Waals surface area contributed by atoms with E-state index in [-0.39, 0.29) is 0 Å². The molecule has 0 spiro atoms. The maximum atomic E-state index is 10.8. The number of hydrogen-bond donors (Lipinski definition) is 1. The number of methoxy groups -OCH3 is 1. The first-order valence-electron chi connectivity index (χ1n) is 3.73. The van der Waals surface area contributed by atoms with Gasteiger partial charge in [0.05, 0.1) is 7.11 Å². The number of carbonyl (C=O) groups is 1. The van der Waals surface area contributed by atoms with Crippen LogP contribution in [0.4, 0.5) is 0 Å². The van der Waals surface area contributed by atoms with E-state index in [0.29, 0.717) is 11.3 Å². The van der Waals surface area contributed by atoms with Crippen LogP contribution in [0.3, 0.4) is 0 Å². The van der Waals surface area contributed by atoms with Crippen molar-refractivity contribution in [2.75, 3.05) is 7.11 Å². The second-order valence-electron chi connectivity index (χ2n) is 2.51. The first kappa shape index (κ1) is 9.86. The Morgan fingerprint density at radius 2 is 2.15 bits per heavy atom. The fourth-order valence-electron chi connectivity index (χ4n) is 1.03. The Hall–Kier alpha value is -1.22. The number of rotatable bonds is 3. The summed E-state index contributed by atoms with van der Waals surface area (Å²) in [7, 11) is 1.52. The number of ether oxygens (including phenoxy) is 1. The van der Waals surface area contributed by atoms with E-state index in [0.717, 1.165) is 0 Å². The summed E-state index contributed by atoms with van der Waals surface area (Å²) < 4.78 is 5.02. The van der Waals surface area contributed by atoms with Crippen LogP contribution in [0.2, 0.25) is 0 Å². The van der Waals surface area contributed by atoms with Crippen LogP contribution in [0.15, 0.2) is 24.3 Å². The van der Waals surface area contributed by atoms with Crippen LogP contribution < -0.4 is 10.5 Å². The number of nitrogens with two attached hydrogens (primary N) is 1. The number of halogens is 1. The molecule has 0 aliphatic carbocycles. The molecule has 2 N–H and O–H groups in total. The number of carbonyl (C=O) groups excluding carboxylic acids is 1. The molecule has 70 valence electrons. The summed E-state index contributed by atoms with van der Waals surface area (Å²) in [5.41, 5.74) is 5.66. The average molecular weight is 200 g/mol. The maximum Gasteiger partial charge on any atom is 0.240 e. The summed E-state index contributed by atoms with van der Waals surface area (Å²) in [6.45, 7) is 0. The van der Waals surface area contributed by atoms with Crippen molar-refractivity contribution in [1.82, 2.24) is 0 Å². The molecule has 4 heteroatoms. The lowest BCUT2D eigenvalue weighted by atomic mass is 10.1. The molecule has 1 aromatic rings. The van der Waals surface area contributed by atoms with Crippen molar-refractivity contribution in [3.8, 4) is 5.75 Å². The van der Waals surface area contributed by atoms with Gasteiger partial charge >= 0.3 is 0 Å². The summed E-state index contributed by atoms with van der Waals surface area (Å²) in [6, 6.07) is 7.01. The first-order valence-corrected chi connectivity index (χ1v) is 4.16. The van der Waals surface area contributed by atoms with Crippen molar-refractivity contribution in [3.05, 3.63) is 29.8 Å². The normalized spacial score (nSPS) is 12.2. The van der Waals surface area contributed by atoms with E-state index in [9.17, 15) is 4.79 Å². The highest BCUT2D eigenvalue weighted by atomic mass is 35.5. The van der Waals surface area contributed by atoms with E-state index in [1.807, 2.05) is 0 Å². The molecule has 0 saturated heterocycles. The molecule has 13 heavy (non-hydrogen) atoms. The highest BCUT2D eigenvalue weighted by Crippen LogP contribution is 2.28.